The van der Waals surface area contributed by atoms with E-state index in [1.165, 1.54) is 0 Å². The van der Waals surface area contributed by atoms with Gasteiger partial charge in [0.05, 0.1) is 10.7 Å². The molecule has 0 unspecified atom stereocenters. The van der Waals surface area contributed by atoms with Crippen molar-refractivity contribution in [1.29, 1.82) is 0 Å². The minimum atomic E-state index is 0.687. The molecule has 0 amide bonds. The standard InChI is InChI=1S/C12H8ClN3/c13-9-4-1-2-6-11(9)16-8-15-10-5-3-7-14-12(10)16/h1-8H. The van der Waals surface area contributed by atoms with Gasteiger partial charge in [0.15, 0.2) is 5.65 Å². The maximum atomic E-state index is 6.14. The molecular weight excluding hydrogens is 222 g/mol. The molecule has 2 heterocycles. The zero-order chi connectivity index (χ0) is 11.0. The summed E-state index contributed by atoms with van der Waals surface area (Å²) in [5.41, 5.74) is 2.57. The Morgan fingerprint density at radius 2 is 1.88 bits per heavy atom. The molecule has 0 atom stereocenters. The number of halogens is 1. The lowest BCUT2D eigenvalue weighted by molar-refractivity contribution is 1.07. The number of imidazole rings is 1. The van der Waals surface area contributed by atoms with E-state index in [2.05, 4.69) is 9.97 Å². The van der Waals surface area contributed by atoms with Gasteiger partial charge in [0, 0.05) is 6.20 Å². The van der Waals surface area contributed by atoms with Crippen LogP contribution in [0.5, 0.6) is 0 Å². The van der Waals surface area contributed by atoms with Crippen LogP contribution in [-0.2, 0) is 0 Å². The number of rotatable bonds is 1. The van der Waals surface area contributed by atoms with Crippen LogP contribution >= 0.6 is 11.6 Å². The monoisotopic (exact) mass is 229 g/mol. The molecule has 0 saturated carbocycles. The highest BCUT2D eigenvalue weighted by Gasteiger charge is 2.07. The SMILES string of the molecule is Clc1ccccc1-n1cnc2cccnc21. The van der Waals surface area contributed by atoms with Gasteiger partial charge in [-0.05, 0) is 24.3 Å². The molecule has 0 saturated heterocycles. The summed E-state index contributed by atoms with van der Waals surface area (Å²) >= 11 is 6.14. The largest absolute Gasteiger partial charge is 0.282 e. The smallest absolute Gasteiger partial charge is 0.164 e. The van der Waals surface area contributed by atoms with Crippen molar-refractivity contribution < 1.29 is 0 Å². The summed E-state index contributed by atoms with van der Waals surface area (Å²) in [7, 11) is 0. The first kappa shape index (κ1) is 9.36. The minimum absolute atomic E-state index is 0.687. The molecule has 4 heteroatoms. The quantitative estimate of drug-likeness (QED) is 0.642. The van der Waals surface area contributed by atoms with Crippen molar-refractivity contribution >= 4 is 22.8 Å². The molecule has 3 aromatic rings. The van der Waals surface area contributed by atoms with Gasteiger partial charge in [0.25, 0.3) is 0 Å². The predicted molar refractivity (Wildman–Crippen MR) is 63.9 cm³/mol. The second kappa shape index (κ2) is 3.61. The highest BCUT2D eigenvalue weighted by Crippen LogP contribution is 2.22. The molecule has 1 aromatic carbocycles. The molecule has 3 rings (SSSR count). The number of hydrogen-bond acceptors (Lipinski definition) is 2. The summed E-state index contributed by atoms with van der Waals surface area (Å²) in [4.78, 5) is 8.58. The van der Waals surface area contributed by atoms with Crippen molar-refractivity contribution in [3.05, 3.63) is 53.9 Å². The lowest BCUT2D eigenvalue weighted by Gasteiger charge is -2.04. The molecule has 2 aromatic heterocycles. The zero-order valence-electron chi connectivity index (χ0n) is 8.34. The van der Waals surface area contributed by atoms with Gasteiger partial charge < -0.3 is 0 Å². The molecule has 3 nitrogen and oxygen atoms in total. The average molecular weight is 230 g/mol. The second-order valence-corrected chi connectivity index (χ2v) is 3.82. The molecule has 0 fully saturated rings. The van der Waals surface area contributed by atoms with Crippen LogP contribution in [0.25, 0.3) is 16.9 Å². The van der Waals surface area contributed by atoms with Crippen molar-refractivity contribution in [2.75, 3.05) is 0 Å². The highest BCUT2D eigenvalue weighted by atomic mass is 35.5. The third-order valence-corrected chi connectivity index (χ3v) is 2.74. The Bertz CT molecular complexity index is 645. The van der Waals surface area contributed by atoms with E-state index in [9.17, 15) is 0 Å². The van der Waals surface area contributed by atoms with Gasteiger partial charge in [0.2, 0.25) is 0 Å². The fraction of sp³-hybridized carbons (Fsp3) is 0. The van der Waals surface area contributed by atoms with E-state index in [-0.39, 0.29) is 0 Å². The van der Waals surface area contributed by atoms with Crippen molar-refractivity contribution in [2.24, 2.45) is 0 Å². The summed E-state index contributed by atoms with van der Waals surface area (Å²) in [6.07, 6.45) is 3.48. The maximum absolute atomic E-state index is 6.14. The van der Waals surface area contributed by atoms with Crippen molar-refractivity contribution in [1.82, 2.24) is 14.5 Å². The van der Waals surface area contributed by atoms with Crippen LogP contribution in [0.1, 0.15) is 0 Å². The van der Waals surface area contributed by atoms with Crippen LogP contribution in [0.4, 0.5) is 0 Å². The van der Waals surface area contributed by atoms with Crippen molar-refractivity contribution in [3.8, 4) is 5.69 Å². The zero-order valence-corrected chi connectivity index (χ0v) is 9.09. The van der Waals surface area contributed by atoms with Gasteiger partial charge in [-0.3, -0.25) is 4.57 Å². The first-order chi connectivity index (χ1) is 7.86. The lowest BCUT2D eigenvalue weighted by atomic mass is 10.3. The number of fused-ring (bicyclic) bond motifs is 1. The molecule has 0 N–H and O–H groups in total. The Morgan fingerprint density at radius 1 is 1.00 bits per heavy atom. The second-order valence-electron chi connectivity index (χ2n) is 3.41. The Hall–Kier alpha value is -1.87. The maximum Gasteiger partial charge on any atom is 0.164 e. The van der Waals surface area contributed by atoms with Crippen molar-refractivity contribution in [2.45, 2.75) is 0 Å². The van der Waals surface area contributed by atoms with E-state index in [4.69, 9.17) is 11.6 Å². The lowest BCUT2D eigenvalue weighted by Crippen LogP contribution is -1.93. The van der Waals surface area contributed by atoms with Gasteiger partial charge >= 0.3 is 0 Å². The molecule has 0 spiro atoms. The van der Waals surface area contributed by atoms with Crippen LogP contribution < -0.4 is 0 Å². The molecule has 0 aliphatic carbocycles. The molecule has 78 valence electrons. The number of aromatic nitrogens is 3. The van der Waals surface area contributed by atoms with E-state index in [1.807, 2.05) is 41.0 Å². The Morgan fingerprint density at radius 3 is 2.75 bits per heavy atom. The summed E-state index contributed by atoms with van der Waals surface area (Å²) in [6.45, 7) is 0. The van der Waals surface area contributed by atoms with Crippen LogP contribution in [0, 0.1) is 0 Å². The van der Waals surface area contributed by atoms with E-state index in [0.29, 0.717) is 5.02 Å². The fourth-order valence-electron chi connectivity index (χ4n) is 1.67. The van der Waals surface area contributed by atoms with Gasteiger partial charge in [-0.25, -0.2) is 9.97 Å². The summed E-state index contributed by atoms with van der Waals surface area (Å²) in [6, 6.07) is 11.4. The van der Waals surface area contributed by atoms with Crippen LogP contribution in [-0.4, -0.2) is 14.5 Å². The van der Waals surface area contributed by atoms with Crippen LogP contribution in [0.3, 0.4) is 0 Å². The van der Waals surface area contributed by atoms with Crippen LogP contribution in [0.2, 0.25) is 5.02 Å². The highest BCUT2D eigenvalue weighted by molar-refractivity contribution is 6.32. The first-order valence-corrected chi connectivity index (χ1v) is 5.27. The van der Waals surface area contributed by atoms with Gasteiger partial charge in [-0.15, -0.1) is 0 Å². The van der Waals surface area contributed by atoms with E-state index >= 15 is 0 Å². The average Bonchev–Trinajstić information content (AvgIpc) is 2.74. The molecular formula is C12H8ClN3. The fourth-order valence-corrected chi connectivity index (χ4v) is 1.90. The van der Waals surface area contributed by atoms with Gasteiger partial charge in [-0.2, -0.15) is 0 Å². The third kappa shape index (κ3) is 1.37. The van der Waals surface area contributed by atoms with E-state index < -0.39 is 0 Å². The van der Waals surface area contributed by atoms with E-state index in [0.717, 1.165) is 16.9 Å². The summed E-state index contributed by atoms with van der Waals surface area (Å²) in [5.74, 6) is 0. The topological polar surface area (TPSA) is 30.7 Å². The number of hydrogen-bond donors (Lipinski definition) is 0. The summed E-state index contributed by atoms with van der Waals surface area (Å²) in [5, 5.41) is 0.687. The Balaban J connectivity index is 2.31. The number of nitrogens with zero attached hydrogens (tertiary/aromatic N) is 3. The Kier molecular flexibility index (Phi) is 2.11. The van der Waals surface area contributed by atoms with Gasteiger partial charge in [0.1, 0.15) is 11.8 Å². The minimum Gasteiger partial charge on any atom is -0.282 e. The van der Waals surface area contributed by atoms with Crippen molar-refractivity contribution in [3.63, 3.8) is 0 Å². The number of benzene rings is 1. The molecule has 0 aliphatic rings. The molecule has 0 radical (unpaired) electrons. The molecule has 16 heavy (non-hydrogen) atoms. The third-order valence-electron chi connectivity index (χ3n) is 2.42. The normalized spacial score (nSPS) is 10.8. The number of pyridine rings is 1. The molecule has 0 aliphatic heterocycles. The Labute approximate surface area is 97.3 Å². The predicted octanol–water partition coefficient (Wildman–Crippen LogP) is 3.07. The number of para-hydroxylation sites is 1. The summed E-state index contributed by atoms with van der Waals surface area (Å²) < 4.78 is 1.89. The molecule has 0 bridgehead atoms. The van der Waals surface area contributed by atoms with E-state index in [1.54, 1.807) is 12.5 Å². The van der Waals surface area contributed by atoms with Gasteiger partial charge in [-0.1, -0.05) is 23.7 Å². The van der Waals surface area contributed by atoms with Crippen LogP contribution in [0.15, 0.2) is 48.9 Å². The first-order valence-electron chi connectivity index (χ1n) is 4.89.